The van der Waals surface area contributed by atoms with Crippen LogP contribution in [0, 0.1) is 5.82 Å². The van der Waals surface area contributed by atoms with Gasteiger partial charge in [0, 0.05) is 16.4 Å². The smallest absolute Gasteiger partial charge is 0.319 e. The molecular formula is C24H24ClFN4O3S. The predicted octanol–water partition coefficient (Wildman–Crippen LogP) is 5.38. The van der Waals surface area contributed by atoms with Crippen molar-refractivity contribution in [3.63, 3.8) is 0 Å². The second-order valence-electron chi connectivity index (χ2n) is 7.92. The van der Waals surface area contributed by atoms with Crippen molar-refractivity contribution in [3.05, 3.63) is 75.5 Å². The Hall–Kier alpha value is -3.17. The number of halogens is 2. The van der Waals surface area contributed by atoms with Gasteiger partial charge in [-0.2, -0.15) is 0 Å². The van der Waals surface area contributed by atoms with Gasteiger partial charge in [-0.15, -0.1) is 11.3 Å². The number of carbonyl (C=O) groups is 2. The normalized spacial score (nSPS) is 17.6. The number of urea groups is 1. The molecule has 4 rings (SSSR count). The van der Waals surface area contributed by atoms with E-state index in [1.54, 1.807) is 41.8 Å². The van der Waals surface area contributed by atoms with Gasteiger partial charge in [0.1, 0.15) is 28.9 Å². The summed E-state index contributed by atoms with van der Waals surface area (Å²) >= 11 is 7.21. The molecule has 0 saturated heterocycles. The molecule has 1 saturated carbocycles. The van der Waals surface area contributed by atoms with Crippen LogP contribution in [0.5, 0.6) is 5.75 Å². The molecule has 7 nitrogen and oxygen atoms in total. The van der Waals surface area contributed by atoms with Gasteiger partial charge in [0.15, 0.2) is 0 Å². The van der Waals surface area contributed by atoms with Crippen LogP contribution in [-0.2, 0) is 6.61 Å². The number of nitrogens with one attached hydrogen (secondary N) is 3. The van der Waals surface area contributed by atoms with E-state index in [-0.39, 0.29) is 30.3 Å². The summed E-state index contributed by atoms with van der Waals surface area (Å²) in [4.78, 5) is 29.6. The molecule has 1 aliphatic rings. The third-order valence-electron chi connectivity index (χ3n) is 5.48. The second-order valence-corrected chi connectivity index (χ2v) is 9.30. The summed E-state index contributed by atoms with van der Waals surface area (Å²) in [6.45, 7) is 0.239. The minimum absolute atomic E-state index is 0.104. The molecule has 3 aromatic rings. The van der Waals surface area contributed by atoms with Gasteiger partial charge in [-0.25, -0.2) is 14.2 Å². The van der Waals surface area contributed by atoms with Crippen LogP contribution in [0.1, 0.15) is 41.2 Å². The Morgan fingerprint density at radius 1 is 1.06 bits per heavy atom. The number of ether oxygens (including phenoxy) is 1. The number of hydrogen-bond acceptors (Lipinski definition) is 5. The molecule has 34 heavy (non-hydrogen) atoms. The lowest BCUT2D eigenvalue weighted by molar-refractivity contribution is 0.0911. The maximum absolute atomic E-state index is 13.8. The van der Waals surface area contributed by atoms with E-state index in [0.29, 0.717) is 27.9 Å². The maximum atomic E-state index is 13.8. The van der Waals surface area contributed by atoms with Gasteiger partial charge in [0.25, 0.3) is 5.91 Å². The second kappa shape index (κ2) is 11.3. The number of nitrogens with zero attached hydrogens (tertiary/aromatic N) is 1. The van der Waals surface area contributed by atoms with Crippen molar-refractivity contribution in [1.82, 2.24) is 15.6 Å². The molecule has 0 radical (unpaired) electrons. The Bertz CT molecular complexity index is 1140. The Balaban J connectivity index is 1.31. The first-order chi connectivity index (χ1) is 16.5. The Labute approximate surface area is 205 Å². The number of carbonyl (C=O) groups excluding carboxylic acids is 2. The first kappa shape index (κ1) is 24.0. The van der Waals surface area contributed by atoms with Crippen molar-refractivity contribution in [1.29, 1.82) is 0 Å². The highest BCUT2D eigenvalue weighted by Crippen LogP contribution is 2.21. The molecule has 2 atom stereocenters. The van der Waals surface area contributed by atoms with Crippen molar-refractivity contribution in [2.45, 2.75) is 44.4 Å². The van der Waals surface area contributed by atoms with Crippen molar-refractivity contribution in [2.75, 3.05) is 5.32 Å². The van der Waals surface area contributed by atoms with E-state index >= 15 is 0 Å². The fraction of sp³-hybridized carbons (Fsp3) is 0.292. The number of thiazole rings is 1. The van der Waals surface area contributed by atoms with E-state index in [9.17, 15) is 14.0 Å². The average molecular weight is 503 g/mol. The molecule has 10 heteroatoms. The van der Waals surface area contributed by atoms with E-state index in [2.05, 4.69) is 20.9 Å². The molecule has 1 heterocycles. The lowest BCUT2D eigenvalue weighted by Crippen LogP contribution is -2.54. The summed E-state index contributed by atoms with van der Waals surface area (Å²) < 4.78 is 19.5. The zero-order chi connectivity index (χ0) is 23.9. The third-order valence-corrected chi connectivity index (χ3v) is 6.56. The van der Waals surface area contributed by atoms with Gasteiger partial charge in [-0.05, 0) is 49.2 Å². The molecule has 0 spiro atoms. The van der Waals surface area contributed by atoms with Crippen LogP contribution in [0.3, 0.4) is 0 Å². The predicted molar refractivity (Wildman–Crippen MR) is 130 cm³/mol. The van der Waals surface area contributed by atoms with Gasteiger partial charge in [0.05, 0.1) is 11.7 Å². The first-order valence-corrected chi connectivity index (χ1v) is 12.2. The first-order valence-electron chi connectivity index (χ1n) is 10.9. The minimum atomic E-state index is -0.509. The fourth-order valence-corrected chi connectivity index (χ4v) is 4.58. The third kappa shape index (κ3) is 6.45. The SMILES string of the molecule is O=C(Nc1ccccc1F)NC1CCCCC1NC(=O)c1csc(COc2ccc(Cl)cc2)n1. The number of anilines is 1. The number of rotatable bonds is 7. The van der Waals surface area contributed by atoms with Crippen LogP contribution in [0.2, 0.25) is 5.02 Å². The van der Waals surface area contributed by atoms with E-state index in [4.69, 9.17) is 16.3 Å². The highest BCUT2D eigenvalue weighted by atomic mass is 35.5. The fourth-order valence-electron chi connectivity index (χ4n) is 3.77. The number of benzene rings is 2. The van der Waals surface area contributed by atoms with Crippen LogP contribution >= 0.6 is 22.9 Å². The maximum Gasteiger partial charge on any atom is 0.319 e. The van der Waals surface area contributed by atoms with E-state index in [1.807, 2.05) is 0 Å². The highest BCUT2D eigenvalue weighted by Gasteiger charge is 2.29. The van der Waals surface area contributed by atoms with Gasteiger partial charge in [-0.1, -0.05) is 36.6 Å². The number of para-hydroxylation sites is 1. The largest absolute Gasteiger partial charge is 0.486 e. The summed E-state index contributed by atoms with van der Waals surface area (Å²) in [5.74, 6) is -0.150. The minimum Gasteiger partial charge on any atom is -0.486 e. The molecule has 178 valence electrons. The number of hydrogen-bond donors (Lipinski definition) is 3. The summed E-state index contributed by atoms with van der Waals surface area (Å²) in [6, 6.07) is 12.0. The molecule has 3 N–H and O–H groups in total. The Morgan fingerprint density at radius 3 is 2.50 bits per heavy atom. The zero-order valence-electron chi connectivity index (χ0n) is 18.2. The van der Waals surface area contributed by atoms with Crippen molar-refractivity contribution in [2.24, 2.45) is 0 Å². The molecule has 3 amide bonds. The van der Waals surface area contributed by atoms with Crippen LogP contribution in [-0.4, -0.2) is 29.0 Å². The summed E-state index contributed by atoms with van der Waals surface area (Å²) in [7, 11) is 0. The zero-order valence-corrected chi connectivity index (χ0v) is 19.8. The van der Waals surface area contributed by atoms with Crippen molar-refractivity contribution in [3.8, 4) is 5.75 Å². The van der Waals surface area contributed by atoms with Gasteiger partial charge >= 0.3 is 6.03 Å². The molecule has 1 fully saturated rings. The summed E-state index contributed by atoms with van der Waals surface area (Å²) in [5, 5.41) is 11.4. The Morgan fingerprint density at radius 2 is 1.76 bits per heavy atom. The molecular weight excluding hydrogens is 479 g/mol. The summed E-state index contributed by atoms with van der Waals surface area (Å²) in [6.07, 6.45) is 3.31. The van der Waals surface area contributed by atoms with E-state index in [1.165, 1.54) is 23.5 Å². The molecule has 0 aliphatic heterocycles. The highest BCUT2D eigenvalue weighted by molar-refractivity contribution is 7.09. The number of amides is 3. The van der Waals surface area contributed by atoms with Gasteiger partial charge in [-0.3, -0.25) is 4.79 Å². The molecule has 1 aromatic heterocycles. The quantitative estimate of drug-likeness (QED) is 0.404. The molecule has 0 bridgehead atoms. The topological polar surface area (TPSA) is 92.4 Å². The molecule has 1 aliphatic carbocycles. The number of aromatic nitrogens is 1. The van der Waals surface area contributed by atoms with Crippen molar-refractivity contribution >= 4 is 40.6 Å². The Kier molecular flexibility index (Phi) is 7.97. The summed E-state index contributed by atoms with van der Waals surface area (Å²) in [5.41, 5.74) is 0.409. The van der Waals surface area contributed by atoms with E-state index in [0.717, 1.165) is 19.3 Å². The standard InChI is InChI=1S/C24H24ClFN4O3S/c25-15-9-11-16(12-10-15)33-13-22-27-21(14-34-22)23(31)28-19-7-3-4-8-20(19)30-24(32)29-18-6-2-1-5-17(18)26/h1-2,5-6,9-12,14,19-20H,3-4,7-8,13H2,(H,28,31)(H2,29,30,32). The van der Waals surface area contributed by atoms with Crippen LogP contribution < -0.4 is 20.7 Å². The van der Waals surface area contributed by atoms with Crippen LogP contribution in [0.4, 0.5) is 14.9 Å². The lowest BCUT2D eigenvalue weighted by Gasteiger charge is -2.32. The van der Waals surface area contributed by atoms with E-state index < -0.39 is 11.8 Å². The molecule has 2 aromatic carbocycles. The van der Waals surface area contributed by atoms with Crippen LogP contribution in [0.25, 0.3) is 0 Å². The lowest BCUT2D eigenvalue weighted by atomic mass is 9.90. The van der Waals surface area contributed by atoms with Gasteiger partial charge in [0.2, 0.25) is 0 Å². The average Bonchev–Trinajstić information content (AvgIpc) is 3.31. The molecule has 2 unspecified atom stereocenters. The van der Waals surface area contributed by atoms with Crippen LogP contribution in [0.15, 0.2) is 53.9 Å². The monoisotopic (exact) mass is 502 g/mol. The van der Waals surface area contributed by atoms with Crippen molar-refractivity contribution < 1.29 is 18.7 Å². The van der Waals surface area contributed by atoms with Gasteiger partial charge < -0.3 is 20.7 Å².